The van der Waals surface area contributed by atoms with E-state index in [-0.39, 0.29) is 125 Å². The summed E-state index contributed by atoms with van der Waals surface area (Å²) in [6.07, 6.45) is 0. The summed E-state index contributed by atoms with van der Waals surface area (Å²) in [5.74, 6) is 0. The van der Waals surface area contributed by atoms with Crippen molar-refractivity contribution in [3.63, 3.8) is 0 Å². The molecule has 0 rings (SSSR count). The molecule has 0 radical (unpaired) electrons. The van der Waals surface area contributed by atoms with E-state index in [1.807, 2.05) is 0 Å². The molecule has 9 heavy (non-hydrogen) atoms. The summed E-state index contributed by atoms with van der Waals surface area (Å²) in [5.41, 5.74) is 0. The Morgan fingerprint density at radius 3 is 1.00 bits per heavy atom. The van der Waals surface area contributed by atoms with Gasteiger partial charge in [-0.05, 0) is 0 Å². The maximum absolute atomic E-state index is 8.55. The van der Waals surface area contributed by atoms with E-state index in [1.165, 1.54) is 0 Å². The number of phosphoric acid groups is 1. The van der Waals surface area contributed by atoms with Crippen LogP contribution < -0.4 is 117 Å². The van der Waals surface area contributed by atoms with Crippen molar-refractivity contribution in [2.24, 2.45) is 0 Å². The molecule has 0 aromatic heterocycles. The van der Waals surface area contributed by atoms with Gasteiger partial charge in [-0.2, -0.15) is 7.82 Å². The summed E-state index contributed by atoms with van der Waals surface area (Å²) < 4.78 is 8.55. The van der Waals surface area contributed by atoms with Gasteiger partial charge in [0.2, 0.25) is 0 Å². The van der Waals surface area contributed by atoms with E-state index >= 15 is 0 Å². The van der Waals surface area contributed by atoms with Crippen molar-refractivity contribution in [3.05, 3.63) is 0 Å². The van der Waals surface area contributed by atoms with Crippen molar-refractivity contribution in [1.82, 2.24) is 0 Å². The Hall–Kier alpha value is 3.85. The molecule has 0 aromatic carbocycles. The van der Waals surface area contributed by atoms with Gasteiger partial charge in [-0.15, -0.1) is 0 Å². The third-order valence-corrected chi connectivity index (χ3v) is 0. The first kappa shape index (κ1) is 29.3. The van der Waals surface area contributed by atoms with E-state index in [0.29, 0.717) is 0 Å². The quantitative estimate of drug-likeness (QED) is 0.299. The molecule has 0 aromatic rings. The van der Waals surface area contributed by atoms with Gasteiger partial charge >= 0.3 is 120 Å². The molecule has 0 aliphatic carbocycles. The van der Waals surface area contributed by atoms with Gasteiger partial charge in [0, 0.05) is 0 Å². The van der Waals surface area contributed by atoms with Gasteiger partial charge in [-0.1, -0.05) is 0 Å². The molecular formula is HAlFK2O4P+2. The zero-order valence-corrected chi connectivity index (χ0v) is 13.4. The number of rotatable bonds is 0. The van der Waals surface area contributed by atoms with E-state index in [1.54, 1.807) is 0 Å². The molecule has 0 aliphatic rings. The first-order valence-corrected chi connectivity index (χ1v) is 2.19. The summed E-state index contributed by atoms with van der Waals surface area (Å²) in [6, 6.07) is 0. The second-order valence-electron chi connectivity index (χ2n) is 0.447. The SMILES string of the molecule is F.O=P([O-])([O-])[O-].[Al+3].[K+].[K+]. The minimum atomic E-state index is -5.39. The standard InChI is InChI=1S/Al.FH.2K.H3O4P/c;;;;1-5(2,3)4/h;1H;;;(H3,1,2,3,4)/q+3;;2*+1;/p-3. The molecule has 40 valence electrons. The Kier molecular flexibility index (Phi) is 46.8. The summed E-state index contributed by atoms with van der Waals surface area (Å²) >= 11 is 0. The van der Waals surface area contributed by atoms with Crippen molar-refractivity contribution in [2.75, 3.05) is 0 Å². The summed E-state index contributed by atoms with van der Waals surface area (Å²) in [5, 5.41) is 0. The molecule has 0 amide bonds. The largest absolute Gasteiger partial charge is 3.00 e. The van der Waals surface area contributed by atoms with Gasteiger partial charge in [0.25, 0.3) is 0 Å². The fourth-order valence-electron chi connectivity index (χ4n) is 0. The molecule has 0 bridgehead atoms. The molecule has 9 heteroatoms. The van der Waals surface area contributed by atoms with Crippen LogP contribution in [0.1, 0.15) is 0 Å². The zero-order valence-electron chi connectivity index (χ0n) is 5.07. The average Bonchev–Trinajstić information content (AvgIpc) is 0.722. The van der Waals surface area contributed by atoms with E-state index in [2.05, 4.69) is 0 Å². The fourth-order valence-corrected chi connectivity index (χ4v) is 0. The minimum Gasteiger partial charge on any atom is -0.822 e. The molecule has 0 aliphatic heterocycles. The van der Waals surface area contributed by atoms with Crippen molar-refractivity contribution < 1.29 is 127 Å². The molecule has 0 heterocycles. The van der Waals surface area contributed by atoms with Crippen LogP contribution in [0.4, 0.5) is 4.70 Å². The Balaban J connectivity index is -0.0000000133. The monoisotopic (exact) mass is 220 g/mol. The number of halogens is 1. The fraction of sp³-hybridized carbons (Fsp3) is 0. The van der Waals surface area contributed by atoms with E-state index in [0.717, 1.165) is 0 Å². The molecule has 4 nitrogen and oxygen atoms in total. The normalized spacial score (nSPS) is 6.56. The summed E-state index contributed by atoms with van der Waals surface area (Å²) in [7, 11) is -5.39. The van der Waals surface area contributed by atoms with Crippen LogP contribution >= 0.6 is 7.82 Å². The molecule has 0 N–H and O–H groups in total. The van der Waals surface area contributed by atoms with Crippen LogP contribution in [0.2, 0.25) is 0 Å². The van der Waals surface area contributed by atoms with Crippen molar-refractivity contribution in [3.8, 4) is 0 Å². The topological polar surface area (TPSA) is 86.2 Å². The Bertz CT molecular complexity index is 64.7. The number of hydrogen-bond acceptors (Lipinski definition) is 4. The maximum atomic E-state index is 8.55. The molecule has 0 saturated heterocycles. The van der Waals surface area contributed by atoms with Crippen molar-refractivity contribution in [1.29, 1.82) is 0 Å². The smallest absolute Gasteiger partial charge is 0.822 e. The molecular weight excluding hydrogens is 219 g/mol. The predicted octanol–water partition coefficient (Wildman–Crippen LogP) is -9.04. The molecule has 0 unspecified atom stereocenters. The Morgan fingerprint density at radius 1 is 1.00 bits per heavy atom. The van der Waals surface area contributed by atoms with Gasteiger partial charge in [-0.25, -0.2) is 0 Å². The second-order valence-corrected chi connectivity index (χ2v) is 1.34. The van der Waals surface area contributed by atoms with Gasteiger partial charge < -0.3 is 19.2 Å². The third-order valence-electron chi connectivity index (χ3n) is 0. The second kappa shape index (κ2) is 14.4. The average molecular weight is 220 g/mol. The van der Waals surface area contributed by atoms with Crippen LogP contribution in [0.5, 0.6) is 0 Å². The Morgan fingerprint density at radius 2 is 1.00 bits per heavy atom. The van der Waals surface area contributed by atoms with Crippen LogP contribution in [0.15, 0.2) is 0 Å². The van der Waals surface area contributed by atoms with Crippen LogP contribution in [0.25, 0.3) is 0 Å². The Labute approximate surface area is 148 Å². The summed E-state index contributed by atoms with van der Waals surface area (Å²) in [6.45, 7) is 0. The zero-order chi connectivity index (χ0) is 4.50. The molecule has 0 saturated carbocycles. The van der Waals surface area contributed by atoms with Crippen molar-refractivity contribution >= 4 is 25.2 Å². The van der Waals surface area contributed by atoms with Crippen LogP contribution in [-0.4, -0.2) is 17.4 Å². The molecule has 0 fully saturated rings. The van der Waals surface area contributed by atoms with Gasteiger partial charge in [0.15, 0.2) is 0 Å². The minimum absolute atomic E-state index is 0. The van der Waals surface area contributed by atoms with Crippen LogP contribution in [0, 0.1) is 0 Å². The van der Waals surface area contributed by atoms with Gasteiger partial charge in [0.1, 0.15) is 0 Å². The third kappa shape index (κ3) is 77.7. The summed E-state index contributed by atoms with van der Waals surface area (Å²) in [4.78, 5) is 25.6. The first-order valence-electron chi connectivity index (χ1n) is 0.730. The molecule has 0 spiro atoms. The van der Waals surface area contributed by atoms with Crippen molar-refractivity contribution in [2.45, 2.75) is 0 Å². The van der Waals surface area contributed by atoms with Crippen LogP contribution in [-0.2, 0) is 4.57 Å². The van der Waals surface area contributed by atoms with E-state index in [9.17, 15) is 0 Å². The molecule has 0 atom stereocenters. The number of hydrogen-bond donors (Lipinski definition) is 0. The van der Waals surface area contributed by atoms with E-state index in [4.69, 9.17) is 19.2 Å². The predicted molar refractivity (Wildman–Crippen MR) is 15.9 cm³/mol. The first-order chi connectivity index (χ1) is 2.00. The van der Waals surface area contributed by atoms with E-state index < -0.39 is 7.82 Å². The van der Waals surface area contributed by atoms with Gasteiger partial charge in [0.05, 0.1) is 0 Å². The van der Waals surface area contributed by atoms with Gasteiger partial charge in [-0.3, -0.25) is 4.70 Å². The van der Waals surface area contributed by atoms with Crippen LogP contribution in [0.3, 0.4) is 0 Å². The maximum Gasteiger partial charge on any atom is 3.00 e.